The molecule has 0 saturated carbocycles. The van der Waals surface area contributed by atoms with E-state index < -0.39 is 8.07 Å². The Morgan fingerprint density at radius 3 is 2.81 bits per heavy atom. The van der Waals surface area contributed by atoms with Crippen LogP contribution in [-0.4, -0.2) is 24.2 Å². The molecule has 2 aromatic rings. The lowest BCUT2D eigenvalue weighted by atomic mass is 10.2. The van der Waals surface area contributed by atoms with E-state index in [0.29, 0.717) is 17.3 Å². The van der Waals surface area contributed by atoms with Crippen molar-refractivity contribution in [3.8, 4) is 6.07 Å². The second-order valence-corrected chi connectivity index (χ2v) is 12.9. The maximum atomic E-state index is 9.01. The Balaban J connectivity index is 2.19. The summed E-state index contributed by atoms with van der Waals surface area (Å²) in [5.41, 5.74) is 1.10. The molecule has 7 heteroatoms. The molecule has 0 amide bonds. The number of hydrogen-bond acceptors (Lipinski definition) is 3. The molecule has 0 aromatic carbocycles. The summed E-state index contributed by atoms with van der Waals surface area (Å²) in [4.78, 5) is 4.32. The van der Waals surface area contributed by atoms with Gasteiger partial charge in [0.25, 0.3) is 0 Å². The van der Waals surface area contributed by atoms with E-state index in [1.807, 2.05) is 16.8 Å². The van der Waals surface area contributed by atoms with Gasteiger partial charge in [-0.25, -0.2) is 4.98 Å². The molecular formula is C14H17BrClN3OSi. The molecule has 0 radical (unpaired) electrons. The maximum absolute atomic E-state index is 9.01. The van der Waals surface area contributed by atoms with Gasteiger partial charge in [0.15, 0.2) is 0 Å². The van der Waals surface area contributed by atoms with Crippen LogP contribution in [0.15, 0.2) is 16.9 Å². The standard InChI is InChI=1S/C14H17BrClN3OSi/c1-21(2,3)5-4-20-9-19-8-11(15)12-13(16)10(6-17)7-18-14(12)19/h7-8H,4-5,9H2,1-3H3. The summed E-state index contributed by atoms with van der Waals surface area (Å²) in [5, 5.41) is 10.2. The summed E-state index contributed by atoms with van der Waals surface area (Å²) in [6.45, 7) is 8.15. The molecule has 2 heterocycles. The SMILES string of the molecule is C[Si](C)(C)CCOCn1cc(Br)c2c(Cl)c(C#N)cnc21. The average molecular weight is 387 g/mol. The van der Waals surface area contributed by atoms with Crippen LogP contribution in [0.5, 0.6) is 0 Å². The van der Waals surface area contributed by atoms with Crippen molar-refractivity contribution in [2.24, 2.45) is 0 Å². The van der Waals surface area contributed by atoms with E-state index in [0.717, 1.165) is 28.2 Å². The van der Waals surface area contributed by atoms with Crippen molar-refractivity contribution < 1.29 is 4.74 Å². The zero-order valence-electron chi connectivity index (χ0n) is 12.3. The molecule has 0 spiro atoms. The van der Waals surface area contributed by atoms with Gasteiger partial charge in [0.05, 0.1) is 16.0 Å². The summed E-state index contributed by atoms with van der Waals surface area (Å²) in [6, 6.07) is 3.17. The average Bonchev–Trinajstić information content (AvgIpc) is 2.72. The minimum atomic E-state index is -1.08. The molecule has 4 nitrogen and oxygen atoms in total. The molecule has 0 unspecified atom stereocenters. The van der Waals surface area contributed by atoms with Crippen LogP contribution in [0.2, 0.25) is 30.7 Å². The van der Waals surface area contributed by atoms with Crippen LogP contribution in [0.25, 0.3) is 11.0 Å². The van der Waals surface area contributed by atoms with Crippen LogP contribution in [0.1, 0.15) is 5.56 Å². The quantitative estimate of drug-likeness (QED) is 0.556. The van der Waals surface area contributed by atoms with Crippen molar-refractivity contribution in [1.82, 2.24) is 9.55 Å². The van der Waals surface area contributed by atoms with Crippen molar-refractivity contribution in [3.63, 3.8) is 0 Å². The maximum Gasteiger partial charge on any atom is 0.144 e. The van der Waals surface area contributed by atoms with Crippen LogP contribution in [-0.2, 0) is 11.5 Å². The Morgan fingerprint density at radius 2 is 2.19 bits per heavy atom. The first kappa shape index (κ1) is 16.5. The summed E-state index contributed by atoms with van der Waals surface area (Å²) < 4.78 is 8.46. The first-order chi connectivity index (χ1) is 9.83. The van der Waals surface area contributed by atoms with Gasteiger partial charge < -0.3 is 9.30 Å². The largest absolute Gasteiger partial charge is 0.361 e. The highest BCUT2D eigenvalue weighted by Gasteiger charge is 2.15. The summed E-state index contributed by atoms with van der Waals surface area (Å²) in [7, 11) is -1.08. The Labute approximate surface area is 138 Å². The van der Waals surface area contributed by atoms with Gasteiger partial charge in [-0.2, -0.15) is 5.26 Å². The molecule has 2 rings (SSSR count). The lowest BCUT2D eigenvalue weighted by molar-refractivity contribution is 0.0898. The van der Waals surface area contributed by atoms with Gasteiger partial charge in [0.1, 0.15) is 18.4 Å². The number of hydrogen-bond donors (Lipinski definition) is 0. The minimum absolute atomic E-state index is 0.377. The fourth-order valence-electron chi connectivity index (χ4n) is 1.89. The highest BCUT2D eigenvalue weighted by Crippen LogP contribution is 2.33. The van der Waals surface area contributed by atoms with E-state index in [-0.39, 0.29) is 0 Å². The molecular weight excluding hydrogens is 370 g/mol. The fraction of sp³-hybridized carbons (Fsp3) is 0.429. The number of nitrogens with zero attached hydrogens (tertiary/aromatic N) is 3. The van der Waals surface area contributed by atoms with Crippen molar-refractivity contribution in [2.45, 2.75) is 32.4 Å². The second-order valence-electron chi connectivity index (χ2n) is 6.09. The first-order valence-electron chi connectivity index (χ1n) is 6.64. The zero-order valence-corrected chi connectivity index (χ0v) is 15.6. The Hall–Kier alpha value is -0.873. The normalized spacial score (nSPS) is 11.8. The number of fused-ring (bicyclic) bond motifs is 1. The van der Waals surface area contributed by atoms with Gasteiger partial charge in [-0.05, 0) is 22.0 Å². The van der Waals surface area contributed by atoms with Crippen molar-refractivity contribution >= 4 is 46.6 Å². The Bertz CT molecular complexity index is 703. The van der Waals surface area contributed by atoms with Gasteiger partial charge in [0, 0.05) is 31.5 Å². The molecule has 2 aromatic heterocycles. The number of rotatable bonds is 5. The number of ether oxygens (including phenoxy) is 1. The Morgan fingerprint density at radius 1 is 1.48 bits per heavy atom. The summed E-state index contributed by atoms with van der Waals surface area (Å²) in [6.07, 6.45) is 3.38. The third-order valence-corrected chi connectivity index (χ3v) is 5.82. The Kier molecular flexibility index (Phi) is 5.10. The molecule has 0 N–H and O–H groups in total. The second kappa shape index (κ2) is 6.49. The minimum Gasteiger partial charge on any atom is -0.361 e. The van der Waals surface area contributed by atoms with Crippen LogP contribution >= 0.6 is 27.5 Å². The zero-order chi connectivity index (χ0) is 15.6. The van der Waals surface area contributed by atoms with E-state index in [2.05, 4.69) is 40.6 Å². The number of pyridine rings is 1. The van der Waals surface area contributed by atoms with Gasteiger partial charge in [-0.15, -0.1) is 0 Å². The number of aromatic nitrogens is 2. The van der Waals surface area contributed by atoms with Crippen LogP contribution < -0.4 is 0 Å². The highest BCUT2D eigenvalue weighted by atomic mass is 79.9. The van der Waals surface area contributed by atoms with E-state index in [9.17, 15) is 0 Å². The van der Waals surface area contributed by atoms with Crippen LogP contribution in [0.4, 0.5) is 0 Å². The van der Waals surface area contributed by atoms with E-state index in [1.165, 1.54) is 6.20 Å². The fourth-order valence-corrected chi connectivity index (χ4v) is 3.66. The van der Waals surface area contributed by atoms with Gasteiger partial charge >= 0.3 is 0 Å². The van der Waals surface area contributed by atoms with Crippen LogP contribution in [0.3, 0.4) is 0 Å². The van der Waals surface area contributed by atoms with E-state index in [1.54, 1.807) is 0 Å². The molecule has 0 saturated heterocycles. The topological polar surface area (TPSA) is 50.8 Å². The molecule has 0 aliphatic rings. The first-order valence-corrected chi connectivity index (χ1v) is 11.5. The molecule has 0 bridgehead atoms. The van der Waals surface area contributed by atoms with Crippen molar-refractivity contribution in [3.05, 3.63) is 27.5 Å². The lowest BCUT2D eigenvalue weighted by Gasteiger charge is -2.15. The molecule has 21 heavy (non-hydrogen) atoms. The van der Waals surface area contributed by atoms with Crippen molar-refractivity contribution in [2.75, 3.05) is 6.61 Å². The molecule has 0 atom stereocenters. The predicted octanol–water partition coefficient (Wildman–Crippen LogP) is 4.64. The molecule has 0 fully saturated rings. The van der Waals surface area contributed by atoms with Gasteiger partial charge in [-0.1, -0.05) is 31.2 Å². The highest BCUT2D eigenvalue weighted by molar-refractivity contribution is 9.10. The lowest BCUT2D eigenvalue weighted by Crippen LogP contribution is -2.22. The molecule has 112 valence electrons. The third kappa shape index (κ3) is 3.86. The van der Waals surface area contributed by atoms with Gasteiger partial charge in [-0.3, -0.25) is 0 Å². The summed E-state index contributed by atoms with van der Waals surface area (Å²) in [5.74, 6) is 0. The number of halogens is 2. The predicted molar refractivity (Wildman–Crippen MR) is 91.3 cm³/mol. The molecule has 0 aliphatic heterocycles. The monoisotopic (exact) mass is 385 g/mol. The van der Waals surface area contributed by atoms with Crippen LogP contribution in [0, 0.1) is 11.3 Å². The van der Waals surface area contributed by atoms with Gasteiger partial charge in [0.2, 0.25) is 0 Å². The third-order valence-electron chi connectivity index (χ3n) is 3.12. The number of nitriles is 1. The van der Waals surface area contributed by atoms with E-state index >= 15 is 0 Å². The van der Waals surface area contributed by atoms with E-state index in [4.69, 9.17) is 21.6 Å². The molecule has 0 aliphatic carbocycles. The summed E-state index contributed by atoms with van der Waals surface area (Å²) >= 11 is 9.71. The smallest absolute Gasteiger partial charge is 0.144 e. The van der Waals surface area contributed by atoms with Crippen molar-refractivity contribution in [1.29, 1.82) is 5.26 Å².